The van der Waals surface area contributed by atoms with Crippen LogP contribution in [0.5, 0.6) is 0 Å². The Hall–Kier alpha value is -11.5. The molecule has 39 nitrogen and oxygen atoms in total. The van der Waals surface area contributed by atoms with Crippen LogP contribution in [0, 0.1) is 29.6 Å². The van der Waals surface area contributed by atoms with Gasteiger partial charge in [-0.05, 0) is 142 Å². The number of rotatable bonds is 29. The van der Waals surface area contributed by atoms with E-state index >= 15 is 0 Å². The molecule has 4 amide bonds. The second kappa shape index (κ2) is 48.5. The molecule has 1 aliphatic carbocycles. The van der Waals surface area contributed by atoms with Gasteiger partial charge < -0.3 is 110 Å². The highest BCUT2D eigenvalue weighted by molar-refractivity contribution is 6.39. The first-order chi connectivity index (χ1) is 65.5. The molecule has 734 valence electrons. The van der Waals surface area contributed by atoms with Crippen LogP contribution in [-0.2, 0) is 97.5 Å². The normalized spacial score (nSPS) is 26.6. The number of nitrogens with one attached hydrogen (secondary N) is 2. The van der Waals surface area contributed by atoms with E-state index in [4.69, 9.17) is 69.3 Å². The Labute approximate surface area is 790 Å². The van der Waals surface area contributed by atoms with Crippen LogP contribution in [0.25, 0.3) is 33.4 Å². The van der Waals surface area contributed by atoms with Gasteiger partial charge in [0.2, 0.25) is 23.6 Å². The molecule has 2 bridgehead atoms. The second-order valence-electron chi connectivity index (χ2n) is 36.3. The summed E-state index contributed by atoms with van der Waals surface area (Å²) in [6.07, 6.45) is 15.4. The zero-order chi connectivity index (χ0) is 96.7. The number of Topliss-reactive ketones (excluding diaryl/α,β-unsaturated/α-hetero) is 3. The van der Waals surface area contributed by atoms with Crippen LogP contribution in [0.1, 0.15) is 158 Å². The highest BCUT2D eigenvalue weighted by atomic mass is 16.6. The van der Waals surface area contributed by atoms with Gasteiger partial charge in [0, 0.05) is 152 Å². The van der Waals surface area contributed by atoms with Crippen molar-refractivity contribution in [1.82, 2.24) is 65.1 Å². The number of nitrogens with zero attached hydrogens (tertiary/aromatic N) is 13. The summed E-state index contributed by atoms with van der Waals surface area (Å²) in [5.41, 5.74) is 27.8. The number of aromatic nitrogens is 9. The lowest BCUT2D eigenvalue weighted by molar-refractivity contribution is -0.265. The lowest BCUT2D eigenvalue weighted by Crippen LogP contribution is -2.61. The third-order valence-electron chi connectivity index (χ3n) is 26.4. The van der Waals surface area contributed by atoms with Crippen molar-refractivity contribution in [3.8, 4) is 11.3 Å². The number of aliphatic hydroxyl groups excluding tert-OH is 2. The smallest absolute Gasteiger partial charge is 0.407 e. The number of alkyl carbamates (subject to hydrolysis) is 1. The maximum absolute atomic E-state index is 14.7. The molecule has 15 atom stereocenters. The summed E-state index contributed by atoms with van der Waals surface area (Å²) in [5, 5.41) is 45.8. The summed E-state index contributed by atoms with van der Waals surface area (Å²) in [6.45, 7) is 16.6. The molecular formula is C97H130N18O21. The number of piperazine rings is 1. The molecule has 2 aromatic carbocycles. The number of oxazole rings is 1. The minimum absolute atomic E-state index is 0.00812. The van der Waals surface area contributed by atoms with Crippen molar-refractivity contribution in [2.45, 2.75) is 212 Å². The van der Waals surface area contributed by atoms with Crippen molar-refractivity contribution in [3.05, 3.63) is 143 Å². The third-order valence-corrected chi connectivity index (χ3v) is 26.4. The van der Waals surface area contributed by atoms with E-state index in [9.17, 15) is 53.7 Å². The highest BCUT2D eigenvalue weighted by Crippen LogP contribution is 2.40. The number of benzene rings is 2. The van der Waals surface area contributed by atoms with Crippen molar-refractivity contribution < 1.29 is 101 Å². The van der Waals surface area contributed by atoms with Crippen LogP contribution < -0.4 is 37.6 Å². The molecule has 10 heterocycles. The van der Waals surface area contributed by atoms with E-state index in [0.717, 1.165) is 38.3 Å². The van der Waals surface area contributed by atoms with E-state index in [0.29, 0.717) is 175 Å². The van der Waals surface area contributed by atoms with Crippen LogP contribution in [0.2, 0.25) is 0 Å². The van der Waals surface area contributed by atoms with Crippen molar-refractivity contribution in [3.63, 3.8) is 0 Å². The maximum Gasteiger partial charge on any atom is 0.407 e. The van der Waals surface area contributed by atoms with E-state index in [1.165, 1.54) is 26.4 Å². The lowest BCUT2D eigenvalue weighted by atomic mass is 9.80. The number of nitrogen functional groups attached to an aromatic ring is 2. The molecule has 7 aromatic rings. The first kappa shape index (κ1) is 102. The number of carbonyl (C=O) groups is 8. The minimum Gasteiger partial charge on any atom is -0.459 e. The van der Waals surface area contributed by atoms with Crippen LogP contribution >= 0.6 is 0 Å². The SMILES string of the molecule is CO[C@H]1C[C@@H]2CC[C@@H](C)[C@@](O)(O2)C(=O)C(=O)N2CCCC[C@H]2C(=O)O[C@H]([C@H](N)C[C@@H]2CC[C@@H](OC(=O)NCCOCCOCCOCCOCCC(=O)NCc3cnc(N4CCN(c5ncc(C(=O)N6CCc7cc(Cn8nc(-c9ccc%10oc(N)nc%10c9)c9c(N)ncnc98)ccc7C6)cn5)CC4)nc3)[C@H](OC)C2)CC(=O)[C@H](C)/C=C(\C)[C@@H](O)[C@@H](O)C(=O)[C@H](C)C[C@H](C)/C=C/C=C/C=C/1C. The standard InChI is InChI=1S/C97H130N18O21/c1-58-14-10-9-11-15-59(2)78(127-7)48-71-22-17-63(6)97(126,136-71)87(121)91(123)114-28-13-12-16-74(114)92(124)133-79(49-75(116)60(3)43-62(5)85(119)86(120)84(118)61(4)42-58)72(98)45-64-19-23-77(80(46-64)128-8)135-96(125)101-27-35-130-37-39-132-41-40-131-38-36-129-34-26-81(117)102-50-66-51-103-94(104-52-66)111-30-32-112(33-31-111)95-105-53-70(54-106-95)90(122)113-29-25-67-44-65(18-20-69(67)56-113)55-115-89-82(88(99)107-57-108-89)83(110-115)68-21-24-76-73(47-68)109-93(100)134-76/h9-11,14-15,18,20-21,24,43-44,47,51-54,57-58,60-61,63-64,71-72,74,77-80,85-86,119-120,126H,12-13,16-17,19,22-23,25-42,45-46,48-50,55-56,98H2,1-8H3,(H2,100,109)(H,101,125)(H,102,117)(H2,99,107,108)/b11-9+,14-10+,59-15+,62-43+/t58-,60-,61-,63-,64+,71+,72-,74+,77-,78+,79+,80-,85-,86+,97-/m1/s1. The number of nitrogens with two attached hydrogens (primary N) is 3. The Bertz CT molecular complexity index is 5390. The van der Waals surface area contributed by atoms with E-state index in [1.807, 2.05) is 72.0 Å². The van der Waals surface area contributed by atoms with E-state index in [-0.39, 0.29) is 114 Å². The summed E-state index contributed by atoms with van der Waals surface area (Å²) < 4.78 is 59.8. The maximum atomic E-state index is 14.7. The molecule has 39 heteroatoms. The third kappa shape index (κ3) is 26.6. The van der Waals surface area contributed by atoms with E-state index in [1.54, 1.807) is 58.7 Å². The molecule has 13 rings (SSSR count). The summed E-state index contributed by atoms with van der Waals surface area (Å²) in [4.78, 5) is 150. The van der Waals surface area contributed by atoms with Crippen molar-refractivity contribution in [2.24, 2.45) is 35.3 Å². The Kier molecular flexibility index (Phi) is 36.3. The van der Waals surface area contributed by atoms with Crippen molar-refractivity contribution in [1.29, 1.82) is 0 Å². The monoisotopic (exact) mass is 1880 g/mol. The fraction of sp³-hybridized carbons (Fsp3) is 0.567. The molecule has 136 heavy (non-hydrogen) atoms. The molecule has 1 saturated carbocycles. The molecule has 6 aliphatic rings. The number of ether oxygens (including phenoxy) is 9. The number of allylic oxidation sites excluding steroid dienone is 6. The van der Waals surface area contributed by atoms with Gasteiger partial charge in [0.05, 0.1) is 88.7 Å². The van der Waals surface area contributed by atoms with Gasteiger partial charge in [-0.3, -0.25) is 28.8 Å². The Morgan fingerprint density at radius 3 is 2.12 bits per heavy atom. The van der Waals surface area contributed by atoms with Gasteiger partial charge >= 0.3 is 12.1 Å². The van der Waals surface area contributed by atoms with Crippen LogP contribution in [0.3, 0.4) is 0 Å². The van der Waals surface area contributed by atoms with Crippen molar-refractivity contribution >= 4 is 93.0 Å². The van der Waals surface area contributed by atoms with Gasteiger partial charge in [-0.25, -0.2) is 44.2 Å². The van der Waals surface area contributed by atoms with Gasteiger partial charge in [-0.1, -0.05) is 82.4 Å². The quantitative estimate of drug-likeness (QED) is 0.0101. The predicted octanol–water partition coefficient (Wildman–Crippen LogP) is 6.99. The summed E-state index contributed by atoms with van der Waals surface area (Å²) in [5.74, 6) is -8.29. The molecule has 0 spiro atoms. The number of aliphatic hydroxyl groups is 3. The molecule has 5 aliphatic heterocycles. The number of ketones is 3. The van der Waals surface area contributed by atoms with Gasteiger partial charge in [0.1, 0.15) is 59.6 Å². The number of esters is 1. The number of anilines is 4. The average Bonchev–Trinajstić information content (AvgIpc) is 1.59. The zero-order valence-corrected chi connectivity index (χ0v) is 78.8. The topological polar surface area (TPSA) is 517 Å². The fourth-order valence-corrected chi connectivity index (χ4v) is 18.4. The molecule has 3 saturated heterocycles. The minimum atomic E-state index is -2.52. The molecular weight excluding hydrogens is 1750 g/mol. The first-order valence-corrected chi connectivity index (χ1v) is 47.1. The predicted molar refractivity (Wildman–Crippen MR) is 501 cm³/mol. The molecule has 5 aromatic heterocycles. The summed E-state index contributed by atoms with van der Waals surface area (Å²) in [7, 11) is 3.05. The molecule has 0 unspecified atom stereocenters. The number of carbonyl (C=O) groups excluding carboxylic acids is 8. The van der Waals surface area contributed by atoms with Gasteiger partial charge in [0.25, 0.3) is 23.6 Å². The fourth-order valence-electron chi connectivity index (χ4n) is 18.4. The summed E-state index contributed by atoms with van der Waals surface area (Å²) >= 11 is 0. The van der Waals surface area contributed by atoms with Crippen molar-refractivity contribution in [2.75, 3.05) is 134 Å². The number of methoxy groups -OCH3 is 2. The lowest BCUT2D eigenvalue weighted by Gasteiger charge is -2.42. The highest BCUT2D eigenvalue weighted by Gasteiger charge is 2.53. The molecule has 0 radical (unpaired) electrons. The number of piperidine rings is 1. The molecule has 4 fully saturated rings. The second-order valence-corrected chi connectivity index (χ2v) is 36.3. The average molecular weight is 1880 g/mol. The van der Waals surface area contributed by atoms with Gasteiger partial charge in [0.15, 0.2) is 17.0 Å². The van der Waals surface area contributed by atoms with E-state index in [2.05, 4.69) is 67.5 Å². The number of cyclic esters (lactones) is 1. The van der Waals surface area contributed by atoms with Gasteiger partial charge in [-0.15, -0.1) is 0 Å². The Balaban J connectivity index is 0.474. The summed E-state index contributed by atoms with van der Waals surface area (Å²) in [6, 6.07) is 9.59. The number of fused-ring (bicyclic) bond motifs is 6. The number of hydrogen-bond donors (Lipinski definition) is 8. The largest absolute Gasteiger partial charge is 0.459 e. The van der Waals surface area contributed by atoms with Gasteiger partial charge in [-0.2, -0.15) is 10.1 Å². The number of amides is 4. The van der Waals surface area contributed by atoms with E-state index < -0.39 is 120 Å². The first-order valence-electron chi connectivity index (χ1n) is 47.1. The van der Waals surface area contributed by atoms with Crippen LogP contribution in [0.15, 0.2) is 120 Å². The Morgan fingerprint density at radius 2 is 1.40 bits per heavy atom. The number of hydrogen-bond acceptors (Lipinski definition) is 34. The van der Waals surface area contributed by atoms with Crippen LogP contribution in [-0.4, -0.2) is 290 Å². The van der Waals surface area contributed by atoms with Crippen LogP contribution in [0.4, 0.5) is 28.5 Å². The Morgan fingerprint density at radius 1 is 0.699 bits per heavy atom. The molecule has 11 N–H and O–H groups in total. The zero-order valence-electron chi connectivity index (χ0n) is 78.8.